The number of nitrogens with zero attached hydrogens (tertiary/aromatic N) is 2. The summed E-state index contributed by atoms with van der Waals surface area (Å²) < 4.78 is 5.16. The van der Waals surface area contributed by atoms with E-state index in [0.717, 1.165) is 22.8 Å². The molecule has 0 fully saturated rings. The molecule has 1 heterocycles. The maximum absolute atomic E-state index is 9.08. The van der Waals surface area contributed by atoms with E-state index in [2.05, 4.69) is 16.4 Å². The first-order chi connectivity index (χ1) is 9.22. The van der Waals surface area contributed by atoms with Crippen molar-refractivity contribution < 1.29 is 4.74 Å². The fraction of sp³-hybridized carbons (Fsp3) is 0.200. The molecule has 0 bridgehead atoms. The van der Waals surface area contributed by atoms with E-state index in [1.165, 1.54) is 0 Å². The average molecular weight is 253 g/mol. The van der Waals surface area contributed by atoms with E-state index < -0.39 is 0 Å². The van der Waals surface area contributed by atoms with Crippen molar-refractivity contribution in [2.75, 3.05) is 12.4 Å². The molecule has 0 atom stereocenters. The summed E-state index contributed by atoms with van der Waals surface area (Å²) in [5.41, 5.74) is 3.26. The average Bonchev–Trinajstić information content (AvgIpc) is 2.45. The molecule has 0 unspecified atom stereocenters. The highest BCUT2D eigenvalue weighted by Gasteiger charge is 2.04. The predicted molar refractivity (Wildman–Crippen MR) is 74.0 cm³/mol. The predicted octanol–water partition coefficient (Wildman–Crippen LogP) is 2.88. The highest BCUT2D eigenvalue weighted by Crippen LogP contribution is 2.22. The molecule has 0 aliphatic rings. The van der Waals surface area contributed by atoms with E-state index in [4.69, 9.17) is 10.00 Å². The molecule has 96 valence electrons. The maximum atomic E-state index is 9.08. The molecular weight excluding hydrogens is 238 g/mol. The van der Waals surface area contributed by atoms with Crippen LogP contribution < -0.4 is 10.1 Å². The van der Waals surface area contributed by atoms with Crippen LogP contribution in [-0.2, 0) is 6.54 Å². The van der Waals surface area contributed by atoms with Gasteiger partial charge in [-0.05, 0) is 31.2 Å². The molecule has 0 saturated heterocycles. The fourth-order valence-electron chi connectivity index (χ4n) is 1.78. The minimum Gasteiger partial charge on any atom is -0.497 e. The van der Waals surface area contributed by atoms with Crippen LogP contribution in [-0.4, -0.2) is 12.1 Å². The number of aryl methyl sites for hydroxylation is 1. The largest absolute Gasteiger partial charge is 0.497 e. The molecule has 0 amide bonds. The molecule has 1 N–H and O–H groups in total. The first-order valence-corrected chi connectivity index (χ1v) is 5.97. The highest BCUT2D eigenvalue weighted by molar-refractivity contribution is 5.60. The summed E-state index contributed by atoms with van der Waals surface area (Å²) in [5.74, 6) is 0.721. The van der Waals surface area contributed by atoms with Crippen LogP contribution >= 0.6 is 0 Å². The van der Waals surface area contributed by atoms with Gasteiger partial charge in [0.1, 0.15) is 11.8 Å². The minimum atomic E-state index is 0.573. The van der Waals surface area contributed by atoms with E-state index in [0.29, 0.717) is 12.1 Å². The van der Waals surface area contributed by atoms with Crippen LogP contribution in [0.15, 0.2) is 36.4 Å². The Morgan fingerprint density at radius 1 is 1.32 bits per heavy atom. The lowest BCUT2D eigenvalue weighted by molar-refractivity contribution is 0.415. The van der Waals surface area contributed by atoms with Crippen LogP contribution in [0.3, 0.4) is 0 Å². The lowest BCUT2D eigenvalue weighted by Crippen LogP contribution is -2.04. The molecule has 1 aromatic carbocycles. The van der Waals surface area contributed by atoms with Crippen molar-refractivity contribution in [3.8, 4) is 11.8 Å². The molecule has 0 spiro atoms. The Balaban J connectivity index is 2.17. The molecule has 0 radical (unpaired) electrons. The van der Waals surface area contributed by atoms with Gasteiger partial charge in [-0.3, -0.25) is 4.98 Å². The highest BCUT2D eigenvalue weighted by atomic mass is 16.5. The number of nitriles is 1. The Morgan fingerprint density at radius 3 is 2.84 bits per heavy atom. The number of pyridine rings is 1. The van der Waals surface area contributed by atoms with Crippen molar-refractivity contribution in [3.05, 3.63) is 53.3 Å². The van der Waals surface area contributed by atoms with Gasteiger partial charge >= 0.3 is 0 Å². The topological polar surface area (TPSA) is 57.9 Å². The molecule has 0 aliphatic heterocycles. The van der Waals surface area contributed by atoms with E-state index >= 15 is 0 Å². The maximum Gasteiger partial charge on any atom is 0.121 e. The Morgan fingerprint density at radius 2 is 2.16 bits per heavy atom. The van der Waals surface area contributed by atoms with Crippen LogP contribution in [0.4, 0.5) is 5.69 Å². The van der Waals surface area contributed by atoms with Gasteiger partial charge in [-0.25, -0.2) is 0 Å². The van der Waals surface area contributed by atoms with Gasteiger partial charge in [0.15, 0.2) is 0 Å². The summed E-state index contributed by atoms with van der Waals surface area (Å²) in [6.45, 7) is 2.53. The van der Waals surface area contributed by atoms with E-state index in [-0.39, 0.29) is 0 Å². The first-order valence-electron chi connectivity index (χ1n) is 5.97. The number of anilines is 1. The number of methoxy groups -OCH3 is 1. The second-order valence-corrected chi connectivity index (χ2v) is 4.15. The Bertz CT molecular complexity index is 617. The van der Waals surface area contributed by atoms with Gasteiger partial charge in [-0.15, -0.1) is 0 Å². The van der Waals surface area contributed by atoms with Crippen molar-refractivity contribution in [2.45, 2.75) is 13.5 Å². The van der Waals surface area contributed by atoms with Crippen molar-refractivity contribution in [3.63, 3.8) is 0 Å². The van der Waals surface area contributed by atoms with Crippen molar-refractivity contribution >= 4 is 5.69 Å². The summed E-state index contributed by atoms with van der Waals surface area (Å²) in [7, 11) is 1.60. The Kier molecular flexibility index (Phi) is 3.99. The zero-order valence-electron chi connectivity index (χ0n) is 11.0. The zero-order chi connectivity index (χ0) is 13.7. The molecule has 19 heavy (non-hydrogen) atoms. The third kappa shape index (κ3) is 3.23. The molecule has 0 saturated carbocycles. The van der Waals surface area contributed by atoms with Crippen molar-refractivity contribution in [2.24, 2.45) is 0 Å². The standard InChI is InChI=1S/C15H15N3O/c1-11-4-3-5-13(18-11)10-17-15-8-14(19-2)7-6-12(15)9-16/h3-8,17H,10H2,1-2H3. The van der Waals surface area contributed by atoms with Gasteiger partial charge in [-0.2, -0.15) is 5.26 Å². The Labute approximate surface area is 112 Å². The summed E-state index contributed by atoms with van der Waals surface area (Å²) in [4.78, 5) is 4.41. The Hall–Kier alpha value is -2.54. The van der Waals surface area contributed by atoms with Gasteiger partial charge in [0, 0.05) is 11.8 Å². The number of nitrogens with one attached hydrogen (secondary N) is 1. The second-order valence-electron chi connectivity index (χ2n) is 4.15. The molecule has 2 aromatic rings. The lowest BCUT2D eigenvalue weighted by atomic mass is 10.2. The number of benzene rings is 1. The van der Waals surface area contributed by atoms with Gasteiger partial charge < -0.3 is 10.1 Å². The van der Waals surface area contributed by atoms with Crippen LogP contribution in [0.1, 0.15) is 17.0 Å². The first kappa shape index (κ1) is 12.9. The number of rotatable bonds is 4. The molecular formula is C15H15N3O. The molecule has 1 aromatic heterocycles. The second kappa shape index (κ2) is 5.87. The van der Waals surface area contributed by atoms with Gasteiger partial charge in [0.05, 0.1) is 30.6 Å². The van der Waals surface area contributed by atoms with Crippen LogP contribution in [0, 0.1) is 18.3 Å². The van der Waals surface area contributed by atoms with Crippen LogP contribution in [0.5, 0.6) is 5.75 Å². The van der Waals surface area contributed by atoms with Crippen molar-refractivity contribution in [1.82, 2.24) is 4.98 Å². The molecule has 4 heteroatoms. The molecule has 2 rings (SSSR count). The monoisotopic (exact) mass is 253 g/mol. The smallest absolute Gasteiger partial charge is 0.121 e. The molecule has 0 aliphatic carbocycles. The number of hydrogen-bond donors (Lipinski definition) is 1. The zero-order valence-corrected chi connectivity index (χ0v) is 11.0. The SMILES string of the molecule is COc1ccc(C#N)c(NCc2cccc(C)n2)c1. The van der Waals surface area contributed by atoms with E-state index in [9.17, 15) is 0 Å². The van der Waals surface area contributed by atoms with Gasteiger partial charge in [0.2, 0.25) is 0 Å². The molecule has 4 nitrogen and oxygen atoms in total. The third-order valence-corrected chi connectivity index (χ3v) is 2.75. The minimum absolute atomic E-state index is 0.573. The summed E-state index contributed by atoms with van der Waals surface area (Å²) in [5, 5.41) is 12.3. The van der Waals surface area contributed by atoms with Gasteiger partial charge in [0.25, 0.3) is 0 Å². The normalized spacial score (nSPS) is 9.74. The number of aromatic nitrogens is 1. The van der Waals surface area contributed by atoms with Crippen LogP contribution in [0.25, 0.3) is 0 Å². The van der Waals surface area contributed by atoms with Crippen molar-refractivity contribution in [1.29, 1.82) is 5.26 Å². The third-order valence-electron chi connectivity index (χ3n) is 2.75. The van der Waals surface area contributed by atoms with Gasteiger partial charge in [-0.1, -0.05) is 6.07 Å². The van der Waals surface area contributed by atoms with E-state index in [1.54, 1.807) is 19.2 Å². The number of ether oxygens (including phenoxy) is 1. The van der Waals surface area contributed by atoms with E-state index in [1.807, 2.05) is 31.2 Å². The summed E-state index contributed by atoms with van der Waals surface area (Å²) >= 11 is 0. The lowest BCUT2D eigenvalue weighted by Gasteiger charge is -2.10. The summed E-state index contributed by atoms with van der Waals surface area (Å²) in [6.07, 6.45) is 0. The number of hydrogen-bond acceptors (Lipinski definition) is 4. The summed E-state index contributed by atoms with van der Waals surface area (Å²) in [6, 6.07) is 13.4. The quantitative estimate of drug-likeness (QED) is 0.910. The fourth-order valence-corrected chi connectivity index (χ4v) is 1.78. The van der Waals surface area contributed by atoms with Crippen LogP contribution in [0.2, 0.25) is 0 Å².